The number of nitrogens with one attached hydrogen (secondary N) is 1. The molecule has 0 radical (unpaired) electrons. The number of piperazine rings is 1. The van der Waals surface area contributed by atoms with E-state index >= 15 is 0 Å². The van der Waals surface area contributed by atoms with Gasteiger partial charge in [0.25, 0.3) is 15.9 Å². The van der Waals surface area contributed by atoms with Crippen molar-refractivity contribution in [2.75, 3.05) is 45.9 Å². The molecule has 2 aliphatic heterocycles. The van der Waals surface area contributed by atoms with Crippen molar-refractivity contribution in [1.29, 1.82) is 0 Å². The van der Waals surface area contributed by atoms with Crippen LogP contribution in [-0.2, 0) is 19.6 Å². The molecule has 5 heterocycles. The molecule has 0 saturated carbocycles. The average molecular weight is 626 g/mol. The van der Waals surface area contributed by atoms with Gasteiger partial charge in [0.1, 0.15) is 5.03 Å². The standard InChI is InChI=1S/C28H28ClN7O6S/c29-22-1-2-24-20(13-22)14-25(32-24)43(40,41)35-7-8-36(23(18-35)15-26(37)33-9-11-42-12-10-33)28(38)27-30-16-21(17-31-27)19-3-5-34(39)6-4-19/h1-6,13-14,16-17,23,32H,7-12,15,18H2. The molecule has 3 aromatic heterocycles. The Kier molecular flexibility index (Phi) is 8.01. The number of amides is 2. The quantitative estimate of drug-likeness (QED) is 0.251. The molecular weight excluding hydrogens is 598 g/mol. The van der Waals surface area contributed by atoms with E-state index in [2.05, 4.69) is 15.0 Å². The molecule has 1 atom stereocenters. The minimum Gasteiger partial charge on any atom is -0.619 e. The van der Waals surface area contributed by atoms with Gasteiger partial charge in [-0.15, -0.1) is 0 Å². The minimum absolute atomic E-state index is 0.00475. The maximum absolute atomic E-state index is 13.7. The molecule has 1 N–H and O–H groups in total. The van der Waals surface area contributed by atoms with E-state index in [1.54, 1.807) is 35.2 Å². The highest BCUT2D eigenvalue weighted by Crippen LogP contribution is 2.27. The van der Waals surface area contributed by atoms with E-state index in [4.69, 9.17) is 16.3 Å². The van der Waals surface area contributed by atoms with Crippen molar-refractivity contribution in [3.8, 4) is 11.1 Å². The Balaban J connectivity index is 1.25. The van der Waals surface area contributed by atoms with Crippen LogP contribution in [0.1, 0.15) is 17.0 Å². The van der Waals surface area contributed by atoms with Crippen molar-refractivity contribution in [3.63, 3.8) is 0 Å². The Hall–Kier alpha value is -4.11. The fourth-order valence-electron chi connectivity index (χ4n) is 5.31. The van der Waals surface area contributed by atoms with Crippen LogP contribution in [0.15, 0.2) is 66.2 Å². The zero-order valence-corrected chi connectivity index (χ0v) is 24.5. The van der Waals surface area contributed by atoms with E-state index in [1.165, 1.54) is 40.1 Å². The molecule has 0 spiro atoms. The van der Waals surface area contributed by atoms with Gasteiger partial charge < -0.3 is 24.7 Å². The number of pyridine rings is 1. The van der Waals surface area contributed by atoms with E-state index in [0.29, 0.717) is 58.1 Å². The number of sulfonamides is 1. The van der Waals surface area contributed by atoms with Crippen LogP contribution in [-0.4, -0.2) is 101 Å². The Bertz CT molecular complexity index is 1760. The second-order valence-corrected chi connectivity index (χ2v) is 12.7. The van der Waals surface area contributed by atoms with E-state index in [1.807, 2.05) is 0 Å². The molecule has 224 valence electrons. The summed E-state index contributed by atoms with van der Waals surface area (Å²) in [5, 5.41) is 12.5. The number of morpholine rings is 1. The van der Waals surface area contributed by atoms with Gasteiger partial charge in [-0.3, -0.25) is 9.59 Å². The van der Waals surface area contributed by atoms with Crippen LogP contribution in [0, 0.1) is 5.21 Å². The van der Waals surface area contributed by atoms with Gasteiger partial charge in [0, 0.05) is 85.2 Å². The molecule has 0 bridgehead atoms. The molecule has 4 aromatic rings. The first-order chi connectivity index (χ1) is 20.7. The van der Waals surface area contributed by atoms with Crippen LogP contribution >= 0.6 is 11.6 Å². The third kappa shape index (κ3) is 6.04. The number of aromatic amines is 1. The number of ether oxygens (including phenoxy) is 1. The molecule has 6 rings (SSSR count). The topological polar surface area (TPSA) is 156 Å². The van der Waals surface area contributed by atoms with Crippen molar-refractivity contribution in [3.05, 3.63) is 77.2 Å². The van der Waals surface area contributed by atoms with E-state index < -0.39 is 22.0 Å². The van der Waals surface area contributed by atoms with Gasteiger partial charge in [0.15, 0.2) is 12.4 Å². The van der Waals surface area contributed by atoms with Crippen LogP contribution in [0.25, 0.3) is 22.0 Å². The molecule has 2 fully saturated rings. The Morgan fingerprint density at radius 1 is 1.02 bits per heavy atom. The lowest BCUT2D eigenvalue weighted by Gasteiger charge is -2.41. The third-order valence-electron chi connectivity index (χ3n) is 7.63. The number of halogens is 1. The van der Waals surface area contributed by atoms with Gasteiger partial charge in [-0.2, -0.15) is 9.04 Å². The fraction of sp³-hybridized carbons (Fsp3) is 0.321. The molecule has 1 unspecified atom stereocenters. The molecular formula is C28H28ClN7O6S. The van der Waals surface area contributed by atoms with Crippen molar-refractivity contribution in [2.45, 2.75) is 17.5 Å². The zero-order chi connectivity index (χ0) is 30.1. The number of H-pyrrole nitrogens is 1. The Morgan fingerprint density at radius 3 is 2.47 bits per heavy atom. The number of nitrogens with zero attached hydrogens (tertiary/aromatic N) is 6. The van der Waals surface area contributed by atoms with Gasteiger partial charge in [-0.25, -0.2) is 18.4 Å². The summed E-state index contributed by atoms with van der Waals surface area (Å²) >= 11 is 6.09. The number of benzene rings is 1. The molecule has 0 aliphatic carbocycles. The summed E-state index contributed by atoms with van der Waals surface area (Å²) in [6, 6.07) is 9.06. The van der Waals surface area contributed by atoms with Gasteiger partial charge in [-0.05, 0) is 29.8 Å². The molecule has 2 aliphatic rings. The number of rotatable bonds is 6. The number of aromatic nitrogens is 4. The zero-order valence-electron chi connectivity index (χ0n) is 22.9. The summed E-state index contributed by atoms with van der Waals surface area (Å²) < 4.78 is 34.7. The molecule has 43 heavy (non-hydrogen) atoms. The lowest BCUT2D eigenvalue weighted by atomic mass is 10.1. The lowest BCUT2D eigenvalue weighted by molar-refractivity contribution is -0.605. The van der Waals surface area contributed by atoms with Crippen LogP contribution in [0.5, 0.6) is 0 Å². The number of hydrogen-bond donors (Lipinski definition) is 1. The average Bonchev–Trinajstić information content (AvgIpc) is 3.46. The van der Waals surface area contributed by atoms with Gasteiger partial charge in [-0.1, -0.05) is 11.6 Å². The van der Waals surface area contributed by atoms with Crippen molar-refractivity contribution < 1.29 is 27.5 Å². The van der Waals surface area contributed by atoms with Gasteiger partial charge in [0.2, 0.25) is 11.7 Å². The Morgan fingerprint density at radius 2 is 1.74 bits per heavy atom. The third-order valence-corrected chi connectivity index (χ3v) is 9.66. The van der Waals surface area contributed by atoms with E-state index in [0.717, 1.165) is 0 Å². The monoisotopic (exact) mass is 625 g/mol. The van der Waals surface area contributed by atoms with Crippen molar-refractivity contribution >= 4 is 44.3 Å². The molecule has 2 amide bonds. The predicted octanol–water partition coefficient (Wildman–Crippen LogP) is 1.68. The van der Waals surface area contributed by atoms with Crippen LogP contribution in [0.4, 0.5) is 0 Å². The number of carbonyl (C=O) groups excluding carboxylic acids is 2. The summed E-state index contributed by atoms with van der Waals surface area (Å²) in [6.45, 7) is 1.66. The highest BCUT2D eigenvalue weighted by Gasteiger charge is 2.39. The number of fused-ring (bicyclic) bond motifs is 1. The van der Waals surface area contributed by atoms with E-state index in [-0.39, 0.29) is 42.8 Å². The summed E-state index contributed by atoms with van der Waals surface area (Å²) in [5.41, 5.74) is 1.95. The second kappa shape index (κ2) is 11.9. The maximum atomic E-state index is 13.7. The van der Waals surface area contributed by atoms with Crippen LogP contribution < -0.4 is 4.73 Å². The summed E-state index contributed by atoms with van der Waals surface area (Å²) in [6.07, 6.45) is 5.60. The fourth-order valence-corrected chi connectivity index (χ4v) is 6.97. The second-order valence-electron chi connectivity index (χ2n) is 10.3. The minimum atomic E-state index is -3.99. The van der Waals surface area contributed by atoms with Crippen LogP contribution in [0.3, 0.4) is 0 Å². The highest BCUT2D eigenvalue weighted by atomic mass is 35.5. The first-order valence-corrected chi connectivity index (χ1v) is 15.5. The van der Waals surface area contributed by atoms with E-state index in [9.17, 15) is 23.2 Å². The molecule has 15 heteroatoms. The Labute approximate surface area is 252 Å². The number of hydrogen-bond acceptors (Lipinski definition) is 8. The smallest absolute Gasteiger partial charge is 0.292 e. The largest absolute Gasteiger partial charge is 0.619 e. The molecule has 1 aromatic carbocycles. The van der Waals surface area contributed by atoms with Crippen molar-refractivity contribution in [1.82, 2.24) is 29.1 Å². The lowest BCUT2D eigenvalue weighted by Crippen LogP contribution is -2.58. The predicted molar refractivity (Wildman–Crippen MR) is 155 cm³/mol. The van der Waals surface area contributed by atoms with Gasteiger partial charge >= 0.3 is 0 Å². The van der Waals surface area contributed by atoms with Crippen LogP contribution in [0.2, 0.25) is 5.02 Å². The summed E-state index contributed by atoms with van der Waals surface area (Å²) in [5.74, 6) is -0.776. The normalized spacial score (nSPS) is 18.2. The van der Waals surface area contributed by atoms with Gasteiger partial charge in [0.05, 0.1) is 19.3 Å². The first kappa shape index (κ1) is 29.0. The summed E-state index contributed by atoms with van der Waals surface area (Å²) in [7, 11) is -3.99. The highest BCUT2D eigenvalue weighted by molar-refractivity contribution is 7.89. The molecule has 2 saturated heterocycles. The first-order valence-electron chi connectivity index (χ1n) is 13.7. The molecule has 13 nitrogen and oxygen atoms in total. The maximum Gasteiger partial charge on any atom is 0.292 e. The summed E-state index contributed by atoms with van der Waals surface area (Å²) in [4.78, 5) is 41.5. The van der Waals surface area contributed by atoms with Crippen molar-refractivity contribution in [2.24, 2.45) is 0 Å². The number of carbonyl (C=O) groups is 2. The SMILES string of the molecule is O=C(CC1CN(S(=O)(=O)c2cc3cc(Cl)ccc3[nH]2)CCN1C(=O)c1ncc(-c2cc[n+]([O-])cc2)cn1)N1CCOCC1.